The largest absolute Gasteiger partial charge is 0.381 e. The topological polar surface area (TPSA) is 35.2 Å². The first-order valence-corrected chi connectivity index (χ1v) is 6.88. The Morgan fingerprint density at radius 2 is 2.29 bits per heavy atom. The summed E-state index contributed by atoms with van der Waals surface area (Å²) >= 11 is 2.10. The molecule has 0 amide bonds. The minimum atomic E-state index is 0.441. The Kier molecular flexibility index (Phi) is 3.74. The van der Waals surface area contributed by atoms with Gasteiger partial charge in [0.2, 0.25) is 0 Å². The third-order valence-electron chi connectivity index (χ3n) is 3.86. The first kappa shape index (κ1) is 10.8. The number of hydrogen-bond donors (Lipinski definition) is 1. The highest BCUT2D eigenvalue weighted by molar-refractivity contribution is 7.99. The maximum Gasteiger partial charge on any atom is 0.0525 e. The van der Waals surface area contributed by atoms with Crippen molar-refractivity contribution in [3.63, 3.8) is 0 Å². The predicted molar refractivity (Wildman–Crippen MR) is 61.6 cm³/mol. The van der Waals surface area contributed by atoms with Crippen molar-refractivity contribution < 1.29 is 4.74 Å². The van der Waals surface area contributed by atoms with E-state index >= 15 is 0 Å². The van der Waals surface area contributed by atoms with Gasteiger partial charge in [-0.2, -0.15) is 11.8 Å². The Morgan fingerprint density at radius 1 is 1.36 bits per heavy atom. The Morgan fingerprint density at radius 3 is 3.14 bits per heavy atom. The van der Waals surface area contributed by atoms with Crippen LogP contribution in [-0.4, -0.2) is 31.3 Å². The lowest BCUT2D eigenvalue weighted by Gasteiger charge is -2.43. The molecular formula is C11H21NOS. The van der Waals surface area contributed by atoms with Crippen molar-refractivity contribution in [2.24, 2.45) is 17.1 Å². The zero-order chi connectivity index (χ0) is 9.86. The average Bonchev–Trinajstić information content (AvgIpc) is 2.45. The van der Waals surface area contributed by atoms with Crippen molar-refractivity contribution in [2.45, 2.75) is 25.7 Å². The first-order valence-electron chi connectivity index (χ1n) is 5.73. The molecule has 2 atom stereocenters. The molecule has 0 radical (unpaired) electrons. The van der Waals surface area contributed by atoms with E-state index in [1.807, 2.05) is 0 Å². The SMILES string of the molecule is NCC1CCOCC12CCCSCC2. The molecule has 2 rings (SSSR count). The van der Waals surface area contributed by atoms with E-state index in [1.165, 1.54) is 37.2 Å². The van der Waals surface area contributed by atoms with Crippen molar-refractivity contribution in [3.8, 4) is 0 Å². The van der Waals surface area contributed by atoms with Gasteiger partial charge < -0.3 is 10.5 Å². The molecule has 14 heavy (non-hydrogen) atoms. The van der Waals surface area contributed by atoms with E-state index < -0.39 is 0 Å². The molecule has 2 aliphatic rings. The van der Waals surface area contributed by atoms with Gasteiger partial charge in [-0.05, 0) is 55.1 Å². The zero-order valence-electron chi connectivity index (χ0n) is 8.84. The summed E-state index contributed by atoms with van der Waals surface area (Å²) in [6, 6.07) is 0. The second-order valence-corrected chi connectivity index (χ2v) is 5.83. The molecule has 0 aromatic carbocycles. The zero-order valence-corrected chi connectivity index (χ0v) is 9.65. The second-order valence-electron chi connectivity index (χ2n) is 4.60. The van der Waals surface area contributed by atoms with Gasteiger partial charge in [-0.15, -0.1) is 0 Å². The maximum atomic E-state index is 5.90. The number of hydrogen-bond acceptors (Lipinski definition) is 3. The van der Waals surface area contributed by atoms with Crippen molar-refractivity contribution in [3.05, 3.63) is 0 Å². The van der Waals surface area contributed by atoms with Crippen LogP contribution in [0.3, 0.4) is 0 Å². The van der Waals surface area contributed by atoms with E-state index in [4.69, 9.17) is 10.5 Å². The van der Waals surface area contributed by atoms with Crippen LogP contribution in [0.4, 0.5) is 0 Å². The van der Waals surface area contributed by atoms with E-state index in [1.54, 1.807) is 0 Å². The van der Waals surface area contributed by atoms with Gasteiger partial charge in [0.1, 0.15) is 0 Å². The third kappa shape index (κ3) is 2.10. The van der Waals surface area contributed by atoms with E-state index in [2.05, 4.69) is 11.8 Å². The molecule has 2 unspecified atom stereocenters. The highest BCUT2D eigenvalue weighted by Gasteiger charge is 2.40. The third-order valence-corrected chi connectivity index (χ3v) is 4.93. The van der Waals surface area contributed by atoms with Gasteiger partial charge in [-0.25, -0.2) is 0 Å². The molecule has 0 aromatic rings. The Hall–Kier alpha value is 0.270. The lowest BCUT2D eigenvalue weighted by atomic mass is 9.68. The molecule has 2 saturated heterocycles. The van der Waals surface area contributed by atoms with Crippen LogP contribution in [0.5, 0.6) is 0 Å². The van der Waals surface area contributed by atoms with Crippen LogP contribution in [0.1, 0.15) is 25.7 Å². The molecule has 2 aliphatic heterocycles. The molecule has 3 heteroatoms. The number of ether oxygens (including phenoxy) is 1. The fourth-order valence-electron chi connectivity index (χ4n) is 2.87. The smallest absolute Gasteiger partial charge is 0.0525 e. The van der Waals surface area contributed by atoms with Crippen molar-refractivity contribution >= 4 is 11.8 Å². The Labute approximate surface area is 91.0 Å². The summed E-state index contributed by atoms with van der Waals surface area (Å²) in [6.07, 6.45) is 5.19. The van der Waals surface area contributed by atoms with Crippen LogP contribution in [0, 0.1) is 11.3 Å². The fraction of sp³-hybridized carbons (Fsp3) is 1.00. The van der Waals surface area contributed by atoms with Crippen LogP contribution >= 0.6 is 11.8 Å². The van der Waals surface area contributed by atoms with Gasteiger partial charge in [0.05, 0.1) is 6.61 Å². The van der Waals surface area contributed by atoms with Crippen LogP contribution in [0.25, 0.3) is 0 Å². The molecule has 2 nitrogen and oxygen atoms in total. The molecule has 2 fully saturated rings. The lowest BCUT2D eigenvalue weighted by Crippen LogP contribution is -2.43. The van der Waals surface area contributed by atoms with Crippen molar-refractivity contribution in [1.82, 2.24) is 0 Å². The lowest BCUT2D eigenvalue weighted by molar-refractivity contribution is -0.0552. The molecule has 0 aliphatic carbocycles. The second kappa shape index (κ2) is 4.86. The minimum Gasteiger partial charge on any atom is -0.381 e. The molecule has 0 bridgehead atoms. The normalized spacial score (nSPS) is 39.6. The number of rotatable bonds is 1. The summed E-state index contributed by atoms with van der Waals surface area (Å²) in [5.74, 6) is 3.36. The van der Waals surface area contributed by atoms with Crippen LogP contribution in [0.15, 0.2) is 0 Å². The molecule has 0 saturated carbocycles. The standard InChI is InChI=1S/C11H21NOS/c12-8-10-2-5-13-9-11(10)3-1-6-14-7-4-11/h10H,1-9,12H2. The molecular weight excluding hydrogens is 194 g/mol. The highest BCUT2D eigenvalue weighted by Crippen LogP contribution is 2.44. The summed E-state index contributed by atoms with van der Waals surface area (Å²) in [6.45, 7) is 2.75. The summed E-state index contributed by atoms with van der Waals surface area (Å²) in [5.41, 5.74) is 6.34. The molecule has 2 N–H and O–H groups in total. The molecule has 2 heterocycles. The van der Waals surface area contributed by atoms with E-state index in [9.17, 15) is 0 Å². The van der Waals surface area contributed by atoms with Crippen LogP contribution in [0.2, 0.25) is 0 Å². The maximum absolute atomic E-state index is 5.90. The molecule has 0 aromatic heterocycles. The van der Waals surface area contributed by atoms with Gasteiger partial charge in [0.25, 0.3) is 0 Å². The Bertz CT molecular complexity index is 178. The number of thioether (sulfide) groups is 1. The predicted octanol–water partition coefficient (Wildman–Crippen LogP) is 1.89. The summed E-state index contributed by atoms with van der Waals surface area (Å²) in [7, 11) is 0. The fourth-order valence-corrected chi connectivity index (χ4v) is 3.98. The van der Waals surface area contributed by atoms with E-state index in [0.717, 1.165) is 25.7 Å². The molecule has 82 valence electrons. The monoisotopic (exact) mass is 215 g/mol. The van der Waals surface area contributed by atoms with Crippen molar-refractivity contribution in [2.75, 3.05) is 31.3 Å². The highest BCUT2D eigenvalue weighted by atomic mass is 32.2. The minimum absolute atomic E-state index is 0.441. The van der Waals surface area contributed by atoms with Gasteiger partial charge in [0, 0.05) is 6.61 Å². The van der Waals surface area contributed by atoms with Gasteiger partial charge in [-0.1, -0.05) is 0 Å². The Balaban J connectivity index is 2.07. The van der Waals surface area contributed by atoms with Crippen molar-refractivity contribution in [1.29, 1.82) is 0 Å². The molecule has 1 spiro atoms. The van der Waals surface area contributed by atoms with Crippen LogP contribution < -0.4 is 5.73 Å². The van der Waals surface area contributed by atoms with Gasteiger partial charge >= 0.3 is 0 Å². The summed E-state index contributed by atoms with van der Waals surface area (Å²) in [4.78, 5) is 0. The van der Waals surface area contributed by atoms with E-state index in [-0.39, 0.29) is 0 Å². The quantitative estimate of drug-likeness (QED) is 0.725. The van der Waals surface area contributed by atoms with E-state index in [0.29, 0.717) is 5.41 Å². The number of nitrogens with two attached hydrogens (primary N) is 1. The van der Waals surface area contributed by atoms with Gasteiger partial charge in [0.15, 0.2) is 0 Å². The van der Waals surface area contributed by atoms with Crippen LogP contribution in [-0.2, 0) is 4.74 Å². The summed E-state index contributed by atoms with van der Waals surface area (Å²) < 4.78 is 5.69. The summed E-state index contributed by atoms with van der Waals surface area (Å²) in [5, 5.41) is 0. The average molecular weight is 215 g/mol. The first-order chi connectivity index (χ1) is 6.87. The van der Waals surface area contributed by atoms with Gasteiger partial charge in [-0.3, -0.25) is 0 Å².